The first-order valence-corrected chi connectivity index (χ1v) is 13.2. The molecule has 4 N–H and O–H groups in total. The quantitative estimate of drug-likeness (QED) is 0.376. The fourth-order valence-electron chi connectivity index (χ4n) is 4.82. The zero-order chi connectivity index (χ0) is 27.2. The van der Waals surface area contributed by atoms with Crippen molar-refractivity contribution in [3.8, 4) is 17.1 Å². The number of methoxy groups -OCH3 is 1. The third-order valence-corrected chi connectivity index (χ3v) is 7.01. The molecule has 11 nitrogen and oxygen atoms in total. The number of primary amides is 1. The van der Waals surface area contributed by atoms with E-state index in [1.807, 2.05) is 12.1 Å². The second-order valence-electron chi connectivity index (χ2n) is 9.72. The van der Waals surface area contributed by atoms with Crippen LogP contribution in [0.1, 0.15) is 34.5 Å². The van der Waals surface area contributed by atoms with Gasteiger partial charge in [-0.3, -0.25) is 14.7 Å². The normalized spacial score (nSPS) is 16.6. The molecule has 1 aromatic carbocycles. The van der Waals surface area contributed by atoms with Crippen molar-refractivity contribution in [1.82, 2.24) is 19.9 Å². The van der Waals surface area contributed by atoms with E-state index in [1.165, 1.54) is 5.56 Å². The molecule has 0 saturated carbocycles. The van der Waals surface area contributed by atoms with Crippen LogP contribution in [0.25, 0.3) is 11.4 Å². The number of aryl methyl sites for hydroxylation is 1. The van der Waals surface area contributed by atoms with Crippen LogP contribution in [-0.2, 0) is 16.0 Å². The third-order valence-electron chi connectivity index (χ3n) is 7.01. The molecule has 0 spiro atoms. The summed E-state index contributed by atoms with van der Waals surface area (Å²) in [6.07, 6.45) is 3.30. The number of anilines is 3. The van der Waals surface area contributed by atoms with Gasteiger partial charge in [0.25, 0.3) is 5.91 Å². The van der Waals surface area contributed by atoms with Crippen molar-refractivity contribution < 1.29 is 19.0 Å². The van der Waals surface area contributed by atoms with Crippen molar-refractivity contribution in [1.29, 1.82) is 0 Å². The van der Waals surface area contributed by atoms with Gasteiger partial charge in [-0.1, -0.05) is 6.07 Å². The van der Waals surface area contributed by atoms with Crippen molar-refractivity contribution in [2.24, 2.45) is 5.73 Å². The average Bonchev–Trinajstić information content (AvgIpc) is 2.95. The van der Waals surface area contributed by atoms with Crippen LogP contribution in [0.2, 0.25) is 0 Å². The van der Waals surface area contributed by atoms with Crippen LogP contribution >= 0.6 is 0 Å². The number of nitrogens with two attached hydrogens (primary N) is 1. The monoisotopic (exact) mass is 533 g/mol. The highest BCUT2D eigenvalue weighted by atomic mass is 16.5. The predicted molar refractivity (Wildman–Crippen MR) is 148 cm³/mol. The van der Waals surface area contributed by atoms with Crippen molar-refractivity contribution in [2.45, 2.75) is 32.4 Å². The van der Waals surface area contributed by atoms with Gasteiger partial charge in [0.1, 0.15) is 17.1 Å². The molecular formula is C28H35N7O4. The van der Waals surface area contributed by atoms with E-state index in [2.05, 4.69) is 38.5 Å². The number of benzene rings is 1. The van der Waals surface area contributed by atoms with E-state index in [4.69, 9.17) is 24.9 Å². The van der Waals surface area contributed by atoms with Gasteiger partial charge in [0.15, 0.2) is 17.3 Å². The van der Waals surface area contributed by atoms with Gasteiger partial charge in [0.05, 0.1) is 20.3 Å². The van der Waals surface area contributed by atoms with E-state index >= 15 is 0 Å². The lowest BCUT2D eigenvalue weighted by Gasteiger charge is -2.27. The molecule has 0 bridgehead atoms. The van der Waals surface area contributed by atoms with Crippen LogP contribution in [0, 0.1) is 6.92 Å². The van der Waals surface area contributed by atoms with Gasteiger partial charge in [0, 0.05) is 50.8 Å². The molecule has 0 atom stereocenters. The number of aromatic nitrogens is 3. The first kappa shape index (κ1) is 26.8. The van der Waals surface area contributed by atoms with Crippen molar-refractivity contribution >= 4 is 23.2 Å². The molecule has 2 aliphatic rings. The summed E-state index contributed by atoms with van der Waals surface area (Å²) in [4.78, 5) is 28.9. The number of hydrogen-bond acceptors (Lipinski definition) is 10. The Kier molecular flexibility index (Phi) is 8.50. The lowest BCUT2D eigenvalue weighted by Crippen LogP contribution is -2.35. The number of nitrogens with zero attached hydrogens (tertiary/aromatic N) is 4. The molecule has 0 radical (unpaired) electrons. The lowest BCUT2D eigenvalue weighted by molar-refractivity contribution is 0.0341. The topological polar surface area (TPSA) is 137 Å². The Morgan fingerprint density at radius 1 is 1.08 bits per heavy atom. The smallest absolute Gasteiger partial charge is 0.271 e. The number of ether oxygens (including phenoxy) is 3. The number of hydrogen-bond donors (Lipinski definition) is 3. The number of pyridine rings is 1. The minimum atomic E-state index is -0.695. The number of amides is 1. The van der Waals surface area contributed by atoms with Crippen LogP contribution in [-0.4, -0.2) is 78.4 Å². The van der Waals surface area contributed by atoms with Gasteiger partial charge in [0.2, 0.25) is 0 Å². The summed E-state index contributed by atoms with van der Waals surface area (Å²) in [5, 5.41) is 6.79. The molecular weight excluding hydrogens is 498 g/mol. The standard InChI is InChI=1S/C28H35N7O4/c1-18-16-21(6-5-19(18)17-35-10-14-39-15-11-35)32-28-25(26(29)36)33-24(23-22(37-2)4-3-9-30-23)27(34-28)31-20-7-12-38-13-8-20/h3-6,9,16,20H,7-8,10-15,17H2,1-2H3,(H2,29,36)(H2,31,32,34). The van der Waals surface area contributed by atoms with Crippen molar-refractivity contribution in [2.75, 3.05) is 57.3 Å². The van der Waals surface area contributed by atoms with Gasteiger partial charge in [-0.15, -0.1) is 0 Å². The number of morpholine rings is 1. The number of carbonyl (C=O) groups is 1. The van der Waals surface area contributed by atoms with E-state index in [0.717, 1.165) is 56.9 Å². The molecule has 5 rings (SSSR count). The SMILES string of the molecule is COc1cccnc1-c1nc(C(N)=O)c(Nc2ccc(CN3CCOCC3)c(C)c2)nc1NC1CCOCC1. The molecule has 2 fully saturated rings. The van der Waals surface area contributed by atoms with Crippen LogP contribution in [0.15, 0.2) is 36.5 Å². The zero-order valence-electron chi connectivity index (χ0n) is 22.4. The molecule has 2 aromatic heterocycles. The van der Waals surface area contributed by atoms with E-state index in [-0.39, 0.29) is 17.6 Å². The highest BCUT2D eigenvalue weighted by Crippen LogP contribution is 2.34. The molecule has 0 aliphatic carbocycles. The van der Waals surface area contributed by atoms with Crippen molar-refractivity contribution in [3.63, 3.8) is 0 Å². The van der Waals surface area contributed by atoms with E-state index in [9.17, 15) is 4.79 Å². The van der Waals surface area contributed by atoms with Gasteiger partial charge < -0.3 is 30.6 Å². The molecule has 206 valence electrons. The van der Waals surface area contributed by atoms with Gasteiger partial charge in [-0.05, 0) is 55.2 Å². The summed E-state index contributed by atoms with van der Waals surface area (Å²) < 4.78 is 16.5. The van der Waals surface area contributed by atoms with Gasteiger partial charge in [-0.25, -0.2) is 9.97 Å². The number of nitrogens with one attached hydrogen (secondary N) is 2. The fourth-order valence-corrected chi connectivity index (χ4v) is 4.82. The fraction of sp³-hybridized carbons (Fsp3) is 0.429. The number of rotatable bonds is 9. The summed E-state index contributed by atoms with van der Waals surface area (Å²) in [5.41, 5.74) is 9.84. The highest BCUT2D eigenvalue weighted by molar-refractivity contribution is 5.97. The maximum Gasteiger partial charge on any atom is 0.271 e. The van der Waals surface area contributed by atoms with E-state index in [0.29, 0.717) is 36.2 Å². The zero-order valence-corrected chi connectivity index (χ0v) is 22.4. The second-order valence-corrected chi connectivity index (χ2v) is 9.72. The molecule has 0 unspecified atom stereocenters. The Morgan fingerprint density at radius 3 is 2.56 bits per heavy atom. The van der Waals surface area contributed by atoms with Crippen LogP contribution < -0.4 is 21.1 Å². The van der Waals surface area contributed by atoms with Crippen molar-refractivity contribution in [3.05, 3.63) is 53.3 Å². The molecule has 2 saturated heterocycles. The minimum absolute atomic E-state index is 0.0188. The van der Waals surface area contributed by atoms with Crippen LogP contribution in [0.3, 0.4) is 0 Å². The maximum absolute atomic E-state index is 12.6. The Morgan fingerprint density at radius 2 is 1.85 bits per heavy atom. The Hall–Kier alpha value is -3.80. The summed E-state index contributed by atoms with van der Waals surface area (Å²) in [6, 6.07) is 9.82. The van der Waals surface area contributed by atoms with Crippen LogP contribution in [0.5, 0.6) is 5.75 Å². The first-order chi connectivity index (χ1) is 19.0. The third kappa shape index (κ3) is 6.44. The maximum atomic E-state index is 12.6. The second kappa shape index (κ2) is 12.4. The summed E-state index contributed by atoms with van der Waals surface area (Å²) in [7, 11) is 1.56. The molecule has 4 heterocycles. The average molecular weight is 534 g/mol. The summed E-state index contributed by atoms with van der Waals surface area (Å²) in [6.45, 7) is 7.63. The molecule has 2 aliphatic heterocycles. The summed E-state index contributed by atoms with van der Waals surface area (Å²) >= 11 is 0. The number of carbonyl (C=O) groups excluding carboxylic acids is 1. The first-order valence-electron chi connectivity index (χ1n) is 13.2. The largest absolute Gasteiger partial charge is 0.494 e. The Labute approximate surface area is 228 Å². The predicted octanol–water partition coefficient (Wildman–Crippen LogP) is 3.12. The molecule has 3 aromatic rings. The molecule has 1 amide bonds. The van der Waals surface area contributed by atoms with E-state index in [1.54, 1.807) is 25.4 Å². The lowest BCUT2D eigenvalue weighted by atomic mass is 10.1. The van der Waals surface area contributed by atoms with Crippen LogP contribution in [0.4, 0.5) is 17.3 Å². The van der Waals surface area contributed by atoms with E-state index < -0.39 is 5.91 Å². The van der Waals surface area contributed by atoms with Gasteiger partial charge >= 0.3 is 0 Å². The Balaban J connectivity index is 1.49. The highest BCUT2D eigenvalue weighted by Gasteiger charge is 2.24. The van der Waals surface area contributed by atoms with Gasteiger partial charge in [-0.2, -0.15) is 0 Å². The molecule has 39 heavy (non-hydrogen) atoms. The Bertz CT molecular complexity index is 1310. The summed E-state index contributed by atoms with van der Waals surface area (Å²) in [5.74, 6) is 0.590. The minimum Gasteiger partial charge on any atom is -0.494 e. The molecule has 11 heteroatoms.